The second-order valence-corrected chi connectivity index (χ2v) is 6.13. The summed E-state index contributed by atoms with van der Waals surface area (Å²) in [5.41, 5.74) is -11.3. The van der Waals surface area contributed by atoms with Gasteiger partial charge in [0.05, 0.1) is 0 Å². The highest BCUT2D eigenvalue weighted by Gasteiger charge is 2.94. The summed E-state index contributed by atoms with van der Waals surface area (Å²) >= 11 is 0. The number of hydrogen-bond donors (Lipinski definition) is 1. The number of rotatable bonds is 2. The number of alkyl halides is 10. The summed E-state index contributed by atoms with van der Waals surface area (Å²) in [6.07, 6.45) is -13.1. The average molecular weight is 422 g/mol. The van der Waals surface area contributed by atoms with E-state index >= 15 is 0 Å². The summed E-state index contributed by atoms with van der Waals surface area (Å²) in [7, 11) is 0. The van der Waals surface area contributed by atoms with Crippen molar-refractivity contribution < 1.29 is 63.3 Å². The number of aliphatic hydroxyl groups is 1. The Hall–Kier alpha value is -1.57. The maximum atomic E-state index is 14.5. The standard InChI is InChI=1S/C13H12F10O4/c1-5(2)6(24)26-7(3)9(14,15)8(4,12(18,19)20)27-11(25,10(7,16)17)13(21,22)23/h25H,1H2,2-4H3. The third-order valence-corrected chi connectivity index (χ3v) is 4.15. The minimum absolute atomic E-state index is 0.572. The Morgan fingerprint density at radius 1 is 0.963 bits per heavy atom. The maximum Gasteiger partial charge on any atom is 0.449 e. The first kappa shape index (κ1) is 23.5. The van der Waals surface area contributed by atoms with Crippen LogP contribution in [0, 0.1) is 0 Å². The number of hydrogen-bond acceptors (Lipinski definition) is 4. The van der Waals surface area contributed by atoms with Crippen LogP contribution in [0.2, 0.25) is 0 Å². The van der Waals surface area contributed by atoms with E-state index in [9.17, 15) is 53.8 Å². The second-order valence-electron chi connectivity index (χ2n) is 6.13. The largest absolute Gasteiger partial charge is 0.449 e. The lowest BCUT2D eigenvalue weighted by molar-refractivity contribution is -0.553. The molecule has 1 saturated heterocycles. The van der Waals surface area contributed by atoms with E-state index in [1.165, 1.54) is 0 Å². The number of halogens is 10. The summed E-state index contributed by atoms with van der Waals surface area (Å²) < 4.78 is 143. The summed E-state index contributed by atoms with van der Waals surface area (Å²) in [6.45, 7) is 2.26. The van der Waals surface area contributed by atoms with Gasteiger partial charge in [0.1, 0.15) is 0 Å². The molecule has 1 rings (SSSR count). The molecule has 0 aliphatic carbocycles. The van der Waals surface area contributed by atoms with E-state index in [0.29, 0.717) is 6.92 Å². The Morgan fingerprint density at radius 3 is 1.67 bits per heavy atom. The fourth-order valence-electron chi connectivity index (χ4n) is 2.27. The Balaban J connectivity index is 3.95. The molecule has 0 radical (unpaired) electrons. The van der Waals surface area contributed by atoms with Gasteiger partial charge in [-0.05, 0) is 20.8 Å². The van der Waals surface area contributed by atoms with E-state index in [4.69, 9.17) is 0 Å². The molecule has 1 aliphatic heterocycles. The van der Waals surface area contributed by atoms with E-state index in [1.807, 2.05) is 0 Å². The molecule has 0 aromatic carbocycles. The van der Waals surface area contributed by atoms with Crippen LogP contribution in [0.4, 0.5) is 43.9 Å². The molecule has 3 unspecified atom stereocenters. The van der Waals surface area contributed by atoms with Gasteiger partial charge < -0.3 is 14.6 Å². The predicted octanol–water partition coefficient (Wildman–Crippen LogP) is 3.74. The quantitative estimate of drug-likeness (QED) is 0.419. The minimum atomic E-state index is -6.70. The van der Waals surface area contributed by atoms with Crippen LogP contribution in [0.3, 0.4) is 0 Å². The highest BCUT2D eigenvalue weighted by atomic mass is 19.4. The van der Waals surface area contributed by atoms with E-state index in [0.717, 1.165) is 0 Å². The van der Waals surface area contributed by atoms with Crippen LogP contribution in [-0.2, 0) is 14.3 Å². The highest BCUT2D eigenvalue weighted by Crippen LogP contribution is 2.65. The van der Waals surface area contributed by atoms with Crippen molar-refractivity contribution in [3.8, 4) is 0 Å². The van der Waals surface area contributed by atoms with Gasteiger partial charge >= 0.3 is 36.0 Å². The molecule has 1 N–H and O–H groups in total. The summed E-state index contributed by atoms with van der Waals surface area (Å²) in [6, 6.07) is 0. The van der Waals surface area contributed by atoms with Crippen molar-refractivity contribution in [1.82, 2.24) is 0 Å². The van der Waals surface area contributed by atoms with Crippen molar-refractivity contribution in [1.29, 1.82) is 0 Å². The Labute approximate surface area is 144 Å². The van der Waals surface area contributed by atoms with E-state index in [-0.39, 0.29) is 0 Å². The van der Waals surface area contributed by atoms with Crippen LogP contribution < -0.4 is 0 Å². The zero-order valence-corrected chi connectivity index (χ0v) is 13.7. The van der Waals surface area contributed by atoms with Crippen LogP contribution >= 0.6 is 0 Å². The fraction of sp³-hybridized carbons (Fsp3) is 0.769. The molecule has 0 bridgehead atoms. The molecule has 0 amide bonds. The molecular formula is C13H12F10O4. The normalized spacial score (nSPS) is 36.2. The fourth-order valence-corrected chi connectivity index (χ4v) is 2.27. The van der Waals surface area contributed by atoms with E-state index < -0.39 is 66.6 Å². The number of carbonyl (C=O) groups excluding carboxylic acids is 1. The molecule has 0 aromatic heterocycles. The van der Waals surface area contributed by atoms with E-state index in [1.54, 1.807) is 0 Å². The Kier molecular flexibility index (Phi) is 4.97. The maximum absolute atomic E-state index is 14.5. The zero-order chi connectivity index (χ0) is 22.1. The van der Waals surface area contributed by atoms with Gasteiger partial charge in [-0.1, -0.05) is 6.58 Å². The lowest BCUT2D eigenvalue weighted by Crippen LogP contribution is -2.86. The van der Waals surface area contributed by atoms with Gasteiger partial charge in [0.25, 0.3) is 0 Å². The Morgan fingerprint density at radius 2 is 1.37 bits per heavy atom. The number of ether oxygens (including phenoxy) is 2. The smallest absolute Gasteiger partial charge is 0.443 e. The van der Waals surface area contributed by atoms with Gasteiger partial charge in [0.15, 0.2) is 0 Å². The molecule has 158 valence electrons. The van der Waals surface area contributed by atoms with Gasteiger partial charge in [0, 0.05) is 5.57 Å². The summed E-state index contributed by atoms with van der Waals surface area (Å²) in [4.78, 5) is 11.4. The van der Waals surface area contributed by atoms with Crippen molar-refractivity contribution in [2.75, 3.05) is 0 Å². The molecule has 1 fully saturated rings. The van der Waals surface area contributed by atoms with Crippen molar-refractivity contribution >= 4 is 5.97 Å². The zero-order valence-electron chi connectivity index (χ0n) is 13.7. The van der Waals surface area contributed by atoms with Gasteiger partial charge in [-0.2, -0.15) is 43.9 Å². The molecule has 0 aromatic rings. The van der Waals surface area contributed by atoms with Crippen molar-refractivity contribution in [3.63, 3.8) is 0 Å². The predicted molar refractivity (Wildman–Crippen MR) is 65.8 cm³/mol. The van der Waals surface area contributed by atoms with Crippen LogP contribution in [0.1, 0.15) is 20.8 Å². The third-order valence-electron chi connectivity index (χ3n) is 4.15. The van der Waals surface area contributed by atoms with Gasteiger partial charge in [-0.3, -0.25) is 0 Å². The molecular weight excluding hydrogens is 410 g/mol. The molecule has 4 nitrogen and oxygen atoms in total. The molecule has 0 spiro atoms. The topological polar surface area (TPSA) is 55.8 Å². The summed E-state index contributed by atoms with van der Waals surface area (Å²) in [5, 5.41) is 9.31. The first-order valence-corrected chi connectivity index (χ1v) is 6.74. The van der Waals surface area contributed by atoms with Crippen LogP contribution in [0.15, 0.2) is 12.2 Å². The molecule has 14 heteroatoms. The van der Waals surface area contributed by atoms with Crippen molar-refractivity contribution in [3.05, 3.63) is 12.2 Å². The molecule has 0 saturated carbocycles. The van der Waals surface area contributed by atoms with Crippen LogP contribution in [0.5, 0.6) is 0 Å². The third kappa shape index (κ3) is 2.70. The van der Waals surface area contributed by atoms with E-state index in [2.05, 4.69) is 16.1 Å². The Bertz CT molecular complexity index is 614. The molecule has 3 atom stereocenters. The molecule has 1 heterocycles. The SMILES string of the molecule is C=C(C)C(=O)OC1(C)C(F)(F)C(C)(C(F)(F)F)OC(O)(C(F)(F)F)C1(F)F. The summed E-state index contributed by atoms with van der Waals surface area (Å²) in [5.74, 6) is -20.5. The van der Waals surface area contributed by atoms with Crippen molar-refractivity contribution in [2.45, 2.75) is 62.0 Å². The first-order chi connectivity index (χ1) is 11.5. The first-order valence-electron chi connectivity index (χ1n) is 6.74. The van der Waals surface area contributed by atoms with Crippen LogP contribution in [0.25, 0.3) is 0 Å². The molecule has 1 aliphatic rings. The van der Waals surface area contributed by atoms with Crippen molar-refractivity contribution in [2.24, 2.45) is 0 Å². The minimum Gasteiger partial charge on any atom is -0.443 e. The second kappa shape index (κ2) is 5.72. The number of esters is 1. The van der Waals surface area contributed by atoms with Gasteiger partial charge in [-0.15, -0.1) is 0 Å². The van der Waals surface area contributed by atoms with Gasteiger partial charge in [-0.25, -0.2) is 4.79 Å². The highest BCUT2D eigenvalue weighted by molar-refractivity contribution is 5.87. The monoisotopic (exact) mass is 422 g/mol. The lowest BCUT2D eigenvalue weighted by Gasteiger charge is -2.58. The average Bonchev–Trinajstić information content (AvgIpc) is 2.42. The molecule has 27 heavy (non-hydrogen) atoms. The lowest BCUT2D eigenvalue weighted by atomic mass is 9.73. The number of carbonyl (C=O) groups is 1. The van der Waals surface area contributed by atoms with Crippen LogP contribution in [-0.4, -0.2) is 52.3 Å². The van der Waals surface area contributed by atoms with Gasteiger partial charge in [0.2, 0.25) is 11.2 Å².